The zero-order valence-electron chi connectivity index (χ0n) is 18.9. The summed E-state index contributed by atoms with van der Waals surface area (Å²) in [6.07, 6.45) is 5.65. The van der Waals surface area contributed by atoms with Crippen LogP contribution in [0.15, 0.2) is 48.5 Å². The van der Waals surface area contributed by atoms with Gasteiger partial charge in [-0.05, 0) is 66.7 Å². The predicted octanol–water partition coefficient (Wildman–Crippen LogP) is 4.22. The molecule has 6 nitrogen and oxygen atoms in total. The highest BCUT2D eigenvalue weighted by Crippen LogP contribution is 2.38. The normalized spacial score (nSPS) is 16.0. The Labute approximate surface area is 193 Å². The van der Waals surface area contributed by atoms with Crippen molar-refractivity contribution in [2.75, 3.05) is 25.6 Å². The molecule has 0 spiro atoms. The lowest BCUT2D eigenvalue weighted by Gasteiger charge is -2.13. The molecular formula is C27H27N3O3. The minimum Gasteiger partial charge on any atom is -0.452 e. The van der Waals surface area contributed by atoms with Crippen molar-refractivity contribution in [2.24, 2.45) is 0 Å². The first kappa shape index (κ1) is 21.2. The first-order chi connectivity index (χ1) is 16.0. The number of nitrogens with zero attached hydrogens (tertiary/aromatic N) is 2. The van der Waals surface area contributed by atoms with Crippen LogP contribution in [0.1, 0.15) is 46.4 Å². The maximum Gasteiger partial charge on any atom is 0.339 e. The number of carbonyl (C=O) groups is 2. The number of nitrogens with one attached hydrogen (secondary N) is 1. The van der Waals surface area contributed by atoms with Gasteiger partial charge < -0.3 is 15.0 Å². The summed E-state index contributed by atoms with van der Waals surface area (Å²) in [5, 5.41) is 3.62. The zero-order chi connectivity index (χ0) is 22.9. The molecule has 1 fully saturated rings. The Hall–Kier alpha value is -3.67. The number of carbonyl (C=O) groups excluding carboxylic acids is 2. The summed E-state index contributed by atoms with van der Waals surface area (Å²) in [5.74, 6) is -0.713. The first-order valence-electron chi connectivity index (χ1n) is 11.4. The van der Waals surface area contributed by atoms with Gasteiger partial charge in [-0.3, -0.25) is 4.79 Å². The van der Waals surface area contributed by atoms with E-state index in [4.69, 9.17) is 9.72 Å². The number of fused-ring (bicyclic) bond motifs is 2. The number of para-hydroxylation sites is 1. The van der Waals surface area contributed by atoms with Gasteiger partial charge in [0.1, 0.15) is 0 Å². The minimum atomic E-state index is -0.465. The van der Waals surface area contributed by atoms with Gasteiger partial charge in [-0.2, -0.15) is 0 Å². The summed E-state index contributed by atoms with van der Waals surface area (Å²) in [5.41, 5.74) is 6.37. The summed E-state index contributed by atoms with van der Waals surface area (Å²) in [7, 11) is 4.04. The molecule has 0 aliphatic heterocycles. The van der Waals surface area contributed by atoms with Crippen molar-refractivity contribution in [3.63, 3.8) is 0 Å². The molecule has 0 bridgehead atoms. The van der Waals surface area contributed by atoms with Gasteiger partial charge in [-0.1, -0.05) is 30.3 Å². The van der Waals surface area contributed by atoms with Gasteiger partial charge in [0.15, 0.2) is 6.61 Å². The van der Waals surface area contributed by atoms with Gasteiger partial charge in [0.2, 0.25) is 0 Å². The number of aromatic nitrogens is 1. The summed E-state index contributed by atoms with van der Waals surface area (Å²) in [6, 6.07) is 16.2. The SMILES string of the molecule is CN(C)c1ccc(/C=C2\CCc3c2nc2ccccc2c3C(=O)OCC(=O)NC2CC2)cc1. The molecule has 0 atom stereocenters. The highest BCUT2D eigenvalue weighted by atomic mass is 16.5. The molecule has 1 aromatic heterocycles. The van der Waals surface area contributed by atoms with E-state index in [-0.39, 0.29) is 18.6 Å². The number of allylic oxidation sites excluding steroid dienone is 1. The van der Waals surface area contributed by atoms with Crippen LogP contribution in [0.3, 0.4) is 0 Å². The van der Waals surface area contributed by atoms with Gasteiger partial charge in [0.25, 0.3) is 5.91 Å². The smallest absolute Gasteiger partial charge is 0.339 e. The molecule has 6 heteroatoms. The summed E-state index contributed by atoms with van der Waals surface area (Å²) < 4.78 is 5.44. The molecule has 168 valence electrons. The quantitative estimate of drug-likeness (QED) is 0.580. The fourth-order valence-corrected chi connectivity index (χ4v) is 4.28. The standard InChI is InChI=1S/C27H27N3O3/c1-30(2)20-12-7-17(8-13-20)15-18-9-14-22-25(21-5-3-4-6-23(21)29-26(18)22)27(32)33-16-24(31)28-19-10-11-19/h3-8,12-13,15,19H,9-11,14,16H2,1-2H3,(H,28,31)/b18-15+. The lowest BCUT2D eigenvalue weighted by atomic mass is 10.0. The maximum atomic E-state index is 13.1. The largest absolute Gasteiger partial charge is 0.452 e. The van der Waals surface area contributed by atoms with Gasteiger partial charge >= 0.3 is 5.97 Å². The van der Waals surface area contributed by atoms with Crippen LogP contribution in [0.25, 0.3) is 22.6 Å². The monoisotopic (exact) mass is 441 g/mol. The van der Waals surface area contributed by atoms with Crippen LogP contribution < -0.4 is 10.2 Å². The number of pyridine rings is 1. The van der Waals surface area contributed by atoms with E-state index in [1.165, 1.54) is 0 Å². The molecule has 1 amide bonds. The van der Waals surface area contributed by atoms with Gasteiger partial charge in [-0.25, -0.2) is 9.78 Å². The van der Waals surface area contributed by atoms with Crippen LogP contribution in [0.4, 0.5) is 5.69 Å². The number of ether oxygens (including phenoxy) is 1. The maximum absolute atomic E-state index is 13.1. The van der Waals surface area contributed by atoms with Crippen molar-refractivity contribution in [3.05, 3.63) is 70.9 Å². The number of hydrogen-bond donors (Lipinski definition) is 1. The third-order valence-corrected chi connectivity index (χ3v) is 6.17. The summed E-state index contributed by atoms with van der Waals surface area (Å²) in [4.78, 5) is 32.1. The highest BCUT2D eigenvalue weighted by Gasteiger charge is 2.28. The van der Waals surface area contributed by atoms with Crippen LogP contribution in [0.2, 0.25) is 0 Å². The third kappa shape index (κ3) is 4.46. The average molecular weight is 442 g/mol. The van der Waals surface area contributed by atoms with Crippen LogP contribution >= 0.6 is 0 Å². The Balaban J connectivity index is 1.47. The Kier molecular flexibility index (Phi) is 5.58. The molecule has 3 aromatic rings. The fraction of sp³-hybridized carbons (Fsp3) is 0.296. The van der Waals surface area contributed by atoms with Crippen molar-refractivity contribution >= 4 is 40.1 Å². The van der Waals surface area contributed by atoms with Gasteiger partial charge in [-0.15, -0.1) is 0 Å². The molecule has 0 unspecified atom stereocenters. The molecule has 5 rings (SSSR count). The number of benzene rings is 2. The van der Waals surface area contributed by atoms with Gasteiger partial charge in [0, 0.05) is 31.2 Å². The molecule has 2 aromatic carbocycles. The molecule has 1 N–H and O–H groups in total. The topological polar surface area (TPSA) is 71.5 Å². The van der Waals surface area contributed by atoms with Crippen LogP contribution in [-0.2, 0) is 16.0 Å². The van der Waals surface area contributed by atoms with Crippen LogP contribution in [-0.4, -0.2) is 43.6 Å². The lowest BCUT2D eigenvalue weighted by Crippen LogP contribution is -2.30. The second-order valence-corrected chi connectivity index (χ2v) is 8.90. The van der Waals surface area contributed by atoms with Crippen LogP contribution in [0, 0.1) is 0 Å². The number of rotatable bonds is 6. The van der Waals surface area contributed by atoms with Crippen molar-refractivity contribution in [1.82, 2.24) is 10.3 Å². The zero-order valence-corrected chi connectivity index (χ0v) is 18.9. The average Bonchev–Trinajstić information content (AvgIpc) is 3.55. The van der Waals surface area contributed by atoms with Crippen LogP contribution in [0.5, 0.6) is 0 Å². The van der Waals surface area contributed by atoms with E-state index in [9.17, 15) is 9.59 Å². The van der Waals surface area contributed by atoms with E-state index in [0.717, 1.165) is 58.2 Å². The van der Waals surface area contributed by atoms with Gasteiger partial charge in [0.05, 0.1) is 16.8 Å². The van der Waals surface area contributed by atoms with E-state index < -0.39 is 5.97 Å². The third-order valence-electron chi connectivity index (χ3n) is 6.17. The molecular weight excluding hydrogens is 414 g/mol. The van der Waals surface area contributed by atoms with E-state index >= 15 is 0 Å². The number of amides is 1. The molecule has 2 aliphatic carbocycles. The van der Waals surface area contributed by atoms with E-state index in [0.29, 0.717) is 12.0 Å². The Morgan fingerprint density at radius 2 is 1.85 bits per heavy atom. The van der Waals surface area contributed by atoms with Crippen molar-refractivity contribution < 1.29 is 14.3 Å². The number of anilines is 1. The van der Waals surface area contributed by atoms with E-state index in [1.807, 2.05) is 38.4 Å². The second-order valence-electron chi connectivity index (χ2n) is 8.90. The Bertz CT molecular complexity index is 1260. The molecule has 33 heavy (non-hydrogen) atoms. The molecule has 0 saturated heterocycles. The summed E-state index contributed by atoms with van der Waals surface area (Å²) >= 11 is 0. The van der Waals surface area contributed by atoms with Crippen molar-refractivity contribution in [1.29, 1.82) is 0 Å². The summed E-state index contributed by atoms with van der Waals surface area (Å²) in [6.45, 7) is -0.262. The predicted molar refractivity (Wildman–Crippen MR) is 130 cm³/mol. The van der Waals surface area contributed by atoms with E-state index in [2.05, 4.69) is 40.6 Å². The molecule has 0 radical (unpaired) electrons. The van der Waals surface area contributed by atoms with Crippen molar-refractivity contribution in [3.8, 4) is 0 Å². The molecule has 1 heterocycles. The first-order valence-corrected chi connectivity index (χ1v) is 11.4. The molecule has 1 saturated carbocycles. The second kappa shape index (κ2) is 8.70. The Morgan fingerprint density at radius 3 is 2.58 bits per heavy atom. The van der Waals surface area contributed by atoms with Crippen molar-refractivity contribution in [2.45, 2.75) is 31.7 Å². The van der Waals surface area contributed by atoms with E-state index in [1.54, 1.807) is 0 Å². The lowest BCUT2D eigenvalue weighted by molar-refractivity contribution is -0.124. The fourth-order valence-electron chi connectivity index (χ4n) is 4.28. The highest BCUT2D eigenvalue weighted by molar-refractivity contribution is 6.07. The minimum absolute atomic E-state index is 0.238. The number of esters is 1. The molecule has 2 aliphatic rings. The Morgan fingerprint density at radius 1 is 1.09 bits per heavy atom. The number of hydrogen-bond acceptors (Lipinski definition) is 5.